The van der Waals surface area contributed by atoms with Crippen molar-refractivity contribution in [2.24, 2.45) is 0 Å². The van der Waals surface area contributed by atoms with Crippen LogP contribution in [-0.4, -0.2) is 11.9 Å². The van der Waals surface area contributed by atoms with Gasteiger partial charge in [0.05, 0.1) is 0 Å². The van der Waals surface area contributed by atoms with Gasteiger partial charge in [0.2, 0.25) is 0 Å². The lowest BCUT2D eigenvalue weighted by Crippen LogP contribution is -2.10. The molecule has 0 N–H and O–H groups in total. The summed E-state index contributed by atoms with van der Waals surface area (Å²) in [6.45, 7) is 1.37. The Bertz CT molecular complexity index is 155. The molecule has 0 aromatic carbocycles. The van der Waals surface area contributed by atoms with E-state index < -0.39 is 17.2 Å². The molecule has 0 heterocycles. The van der Waals surface area contributed by atoms with E-state index in [2.05, 4.69) is 0 Å². The van der Waals surface area contributed by atoms with Crippen LogP contribution in [0.3, 0.4) is 0 Å². The maximum atomic E-state index is 11.6. The van der Waals surface area contributed by atoms with E-state index in [1.54, 1.807) is 0 Å². The summed E-state index contributed by atoms with van der Waals surface area (Å²) >= 11 is 0.0961. The van der Waals surface area contributed by atoms with Crippen LogP contribution in [0.15, 0.2) is 11.0 Å². The Morgan fingerprint density at radius 2 is 1.73 bits per heavy atom. The minimum atomic E-state index is -4.92. The third kappa shape index (κ3) is 3.60. The summed E-state index contributed by atoms with van der Waals surface area (Å²) in [6.07, 6.45) is -7.58. The van der Waals surface area contributed by atoms with Gasteiger partial charge in [-0.15, -0.1) is 11.8 Å². The Hall–Kier alpha value is -0.260. The molecule has 0 aliphatic rings. The van der Waals surface area contributed by atoms with E-state index in [1.165, 1.54) is 6.92 Å². The normalized spacial score (nSPS) is 11.5. The molecule has 0 radical (unpaired) electrons. The van der Waals surface area contributed by atoms with Crippen LogP contribution in [0.2, 0.25) is 0 Å². The van der Waals surface area contributed by atoms with Gasteiger partial charge in [0.25, 0.3) is 6.08 Å². The van der Waals surface area contributed by atoms with E-state index in [1.807, 2.05) is 0 Å². The van der Waals surface area contributed by atoms with Gasteiger partial charge in [-0.1, -0.05) is 6.92 Å². The highest BCUT2D eigenvalue weighted by Gasteiger charge is 2.37. The summed E-state index contributed by atoms with van der Waals surface area (Å²) in [5.41, 5.74) is 0. The van der Waals surface area contributed by atoms with Gasteiger partial charge in [-0.3, -0.25) is 0 Å². The van der Waals surface area contributed by atoms with Crippen LogP contribution in [0.5, 0.6) is 0 Å². The van der Waals surface area contributed by atoms with Crippen molar-refractivity contribution in [3.8, 4) is 0 Å². The molecule has 0 fully saturated rings. The number of hydrogen-bond donors (Lipinski definition) is 0. The summed E-state index contributed by atoms with van der Waals surface area (Å²) in [5.74, 6) is -0.0216. The van der Waals surface area contributed by atoms with Gasteiger partial charge < -0.3 is 0 Å². The number of rotatable bonds is 2. The summed E-state index contributed by atoms with van der Waals surface area (Å²) in [7, 11) is 0. The largest absolute Gasteiger partial charge is 0.427 e. The van der Waals surface area contributed by atoms with Crippen molar-refractivity contribution >= 4 is 11.8 Å². The lowest BCUT2D eigenvalue weighted by atomic mass is 10.6. The second-order valence-electron chi connectivity index (χ2n) is 1.52. The minimum absolute atomic E-state index is 0.0216. The molecule has 0 rings (SSSR count). The number of halogens is 5. The Balaban J connectivity index is 4.50. The molecular weight excluding hydrogens is 187 g/mol. The zero-order valence-corrected chi connectivity index (χ0v) is 6.32. The number of allylic oxidation sites excluding steroid dienone is 1. The van der Waals surface area contributed by atoms with Crippen molar-refractivity contribution in [3.63, 3.8) is 0 Å². The maximum Gasteiger partial charge on any atom is 0.427 e. The van der Waals surface area contributed by atoms with E-state index in [9.17, 15) is 22.0 Å². The molecule has 0 amide bonds. The van der Waals surface area contributed by atoms with Gasteiger partial charge in [0.1, 0.15) is 0 Å². The fourth-order valence-electron chi connectivity index (χ4n) is 0.388. The van der Waals surface area contributed by atoms with E-state index in [0.29, 0.717) is 0 Å². The minimum Gasteiger partial charge on any atom is -0.172 e. The van der Waals surface area contributed by atoms with Crippen molar-refractivity contribution in [1.82, 2.24) is 0 Å². The van der Waals surface area contributed by atoms with Gasteiger partial charge in [-0.05, 0) is 5.75 Å². The Kier molecular flexibility index (Phi) is 3.85. The Morgan fingerprint density at radius 1 is 1.27 bits per heavy atom. The van der Waals surface area contributed by atoms with E-state index in [-0.39, 0.29) is 17.5 Å². The molecule has 6 heteroatoms. The molecule has 11 heavy (non-hydrogen) atoms. The van der Waals surface area contributed by atoms with Crippen LogP contribution in [0.25, 0.3) is 0 Å². The highest BCUT2D eigenvalue weighted by molar-refractivity contribution is 8.03. The van der Waals surface area contributed by atoms with Crippen LogP contribution < -0.4 is 0 Å². The van der Waals surface area contributed by atoms with Gasteiger partial charge >= 0.3 is 6.18 Å². The zero-order valence-electron chi connectivity index (χ0n) is 5.51. The summed E-state index contributed by atoms with van der Waals surface area (Å²) < 4.78 is 57.8. The van der Waals surface area contributed by atoms with Gasteiger partial charge in [-0.25, -0.2) is 0 Å². The topological polar surface area (TPSA) is 0 Å². The third-order valence-electron chi connectivity index (χ3n) is 0.718. The Labute approximate surface area is 64.5 Å². The average molecular weight is 192 g/mol. The fraction of sp³-hybridized carbons (Fsp3) is 0.600. The first kappa shape index (κ1) is 10.7. The van der Waals surface area contributed by atoms with E-state index >= 15 is 0 Å². The highest BCUT2D eigenvalue weighted by atomic mass is 32.2. The van der Waals surface area contributed by atoms with Crippen LogP contribution >= 0.6 is 11.8 Å². The first-order valence-corrected chi connectivity index (χ1v) is 3.63. The number of thioether (sulfide) groups is 1. The number of hydrogen-bond acceptors (Lipinski definition) is 1. The fourth-order valence-corrected chi connectivity index (χ4v) is 0.949. The lowest BCUT2D eigenvalue weighted by Gasteiger charge is -2.07. The first-order valence-electron chi connectivity index (χ1n) is 2.64. The molecule has 0 aromatic heterocycles. The second kappa shape index (κ2) is 3.94. The van der Waals surface area contributed by atoms with Crippen LogP contribution in [0, 0.1) is 0 Å². The average Bonchev–Trinajstić information content (AvgIpc) is 1.79. The molecule has 0 atom stereocenters. The standard InChI is InChI=1S/C5H5F5S/c1-2-11-3(4(6)7)5(8,9)10/h2H2,1H3. The molecule has 0 bridgehead atoms. The lowest BCUT2D eigenvalue weighted by molar-refractivity contribution is -0.0866. The maximum absolute atomic E-state index is 11.6. The van der Waals surface area contributed by atoms with Crippen LogP contribution in [-0.2, 0) is 0 Å². The monoisotopic (exact) mass is 192 g/mol. The second-order valence-corrected chi connectivity index (χ2v) is 2.79. The quantitative estimate of drug-likeness (QED) is 0.604. The third-order valence-corrected chi connectivity index (χ3v) is 1.68. The zero-order chi connectivity index (χ0) is 9.07. The van der Waals surface area contributed by atoms with Crippen molar-refractivity contribution in [2.75, 3.05) is 5.75 Å². The van der Waals surface area contributed by atoms with Crippen molar-refractivity contribution in [3.05, 3.63) is 11.0 Å². The molecule has 66 valence electrons. The molecule has 0 aromatic rings. The Morgan fingerprint density at radius 3 is 1.82 bits per heavy atom. The molecule has 0 nitrogen and oxygen atoms in total. The van der Waals surface area contributed by atoms with Crippen LogP contribution in [0.4, 0.5) is 22.0 Å². The van der Waals surface area contributed by atoms with Crippen molar-refractivity contribution < 1.29 is 22.0 Å². The smallest absolute Gasteiger partial charge is 0.172 e. The van der Waals surface area contributed by atoms with E-state index in [4.69, 9.17) is 0 Å². The molecule has 0 saturated heterocycles. The van der Waals surface area contributed by atoms with E-state index in [0.717, 1.165) is 0 Å². The molecule has 0 saturated carbocycles. The summed E-state index contributed by atoms with van der Waals surface area (Å²) in [6, 6.07) is 0. The SMILES string of the molecule is CCSC(=C(F)F)C(F)(F)F. The predicted molar refractivity (Wildman–Crippen MR) is 33.4 cm³/mol. The summed E-state index contributed by atoms with van der Waals surface area (Å²) in [5, 5.41) is 0. The van der Waals surface area contributed by atoms with Gasteiger partial charge in [0.15, 0.2) is 4.91 Å². The highest BCUT2D eigenvalue weighted by Crippen LogP contribution is 2.37. The van der Waals surface area contributed by atoms with Crippen molar-refractivity contribution in [1.29, 1.82) is 0 Å². The van der Waals surface area contributed by atoms with Crippen molar-refractivity contribution in [2.45, 2.75) is 13.1 Å². The molecule has 0 spiro atoms. The first-order chi connectivity index (χ1) is 4.89. The summed E-state index contributed by atoms with van der Waals surface area (Å²) in [4.78, 5) is -1.79. The predicted octanol–water partition coefficient (Wildman–Crippen LogP) is 3.41. The van der Waals surface area contributed by atoms with Crippen LogP contribution in [0.1, 0.15) is 6.92 Å². The molecule has 0 aliphatic heterocycles. The number of alkyl halides is 3. The molecular formula is C5H5F5S. The molecule has 0 unspecified atom stereocenters. The van der Waals surface area contributed by atoms with Gasteiger partial charge in [-0.2, -0.15) is 22.0 Å². The molecule has 0 aliphatic carbocycles. The van der Waals surface area contributed by atoms with Gasteiger partial charge in [0, 0.05) is 0 Å².